The number of aliphatic carboxylic acids is 1. The smallest absolute Gasteiger partial charge is 0.326 e. The van der Waals surface area contributed by atoms with Crippen molar-refractivity contribution in [1.29, 1.82) is 0 Å². The van der Waals surface area contributed by atoms with Crippen LogP contribution in [-0.4, -0.2) is 35.1 Å². The maximum absolute atomic E-state index is 11.1. The molecule has 1 aromatic rings. The van der Waals surface area contributed by atoms with Crippen LogP contribution in [0.3, 0.4) is 0 Å². The lowest BCUT2D eigenvalue weighted by Crippen LogP contribution is -2.29. The quantitative estimate of drug-likeness (QED) is 0.758. The van der Waals surface area contributed by atoms with Crippen molar-refractivity contribution < 1.29 is 9.90 Å². The number of carboxylic acids is 1. The summed E-state index contributed by atoms with van der Waals surface area (Å²) in [4.78, 5) is 13.4. The zero-order valence-electron chi connectivity index (χ0n) is 12.0. The Balaban J connectivity index is 2.86. The molecule has 4 nitrogen and oxygen atoms in total. The van der Waals surface area contributed by atoms with Crippen LogP contribution in [0.5, 0.6) is 0 Å². The fourth-order valence-corrected chi connectivity index (χ4v) is 2.01. The van der Waals surface area contributed by atoms with Crippen molar-refractivity contribution in [2.75, 3.05) is 18.4 Å². The molecule has 1 atom stereocenters. The standard InChI is InChI=1S/C15H24N2O2/c1-4-13(15(18)19)16-14-10-8-7-9-12(14)11-17(5-2)6-3/h7-10,13,16H,4-6,11H2,1-3H3,(H,18,19). The van der Waals surface area contributed by atoms with Gasteiger partial charge >= 0.3 is 5.97 Å². The average Bonchev–Trinajstić information content (AvgIpc) is 2.42. The molecule has 1 unspecified atom stereocenters. The lowest BCUT2D eigenvalue weighted by molar-refractivity contribution is -0.137. The van der Waals surface area contributed by atoms with E-state index in [9.17, 15) is 4.79 Å². The topological polar surface area (TPSA) is 52.6 Å². The summed E-state index contributed by atoms with van der Waals surface area (Å²) in [5.74, 6) is -0.805. The fraction of sp³-hybridized carbons (Fsp3) is 0.533. The molecule has 0 amide bonds. The van der Waals surface area contributed by atoms with Gasteiger partial charge in [-0.3, -0.25) is 4.90 Å². The lowest BCUT2D eigenvalue weighted by Gasteiger charge is -2.22. The monoisotopic (exact) mass is 264 g/mol. The molecule has 0 aliphatic rings. The minimum atomic E-state index is -0.805. The highest BCUT2D eigenvalue weighted by atomic mass is 16.4. The maximum Gasteiger partial charge on any atom is 0.326 e. The summed E-state index contributed by atoms with van der Waals surface area (Å²) < 4.78 is 0. The molecule has 0 heterocycles. The summed E-state index contributed by atoms with van der Waals surface area (Å²) in [5.41, 5.74) is 2.06. The Hall–Kier alpha value is -1.55. The lowest BCUT2D eigenvalue weighted by atomic mass is 10.1. The highest BCUT2D eigenvalue weighted by Crippen LogP contribution is 2.19. The molecule has 0 saturated heterocycles. The van der Waals surface area contributed by atoms with Gasteiger partial charge in [0.2, 0.25) is 0 Å². The van der Waals surface area contributed by atoms with E-state index in [1.165, 1.54) is 0 Å². The Kier molecular flexibility index (Phi) is 6.36. The third-order valence-electron chi connectivity index (χ3n) is 3.34. The molecule has 0 radical (unpaired) electrons. The Bertz CT molecular complexity index is 403. The largest absolute Gasteiger partial charge is 0.480 e. The van der Waals surface area contributed by atoms with Gasteiger partial charge in [0.25, 0.3) is 0 Å². The highest BCUT2D eigenvalue weighted by Gasteiger charge is 2.16. The summed E-state index contributed by atoms with van der Waals surface area (Å²) in [6, 6.07) is 7.39. The number of rotatable bonds is 8. The second-order valence-corrected chi connectivity index (χ2v) is 4.56. The van der Waals surface area contributed by atoms with E-state index in [1.54, 1.807) is 0 Å². The molecule has 0 fully saturated rings. The van der Waals surface area contributed by atoms with Gasteiger partial charge in [0, 0.05) is 12.2 Å². The second-order valence-electron chi connectivity index (χ2n) is 4.56. The van der Waals surface area contributed by atoms with Crippen molar-refractivity contribution in [1.82, 2.24) is 4.90 Å². The number of carbonyl (C=O) groups is 1. The van der Waals surface area contributed by atoms with Crippen LogP contribution < -0.4 is 5.32 Å². The first-order valence-corrected chi connectivity index (χ1v) is 6.91. The zero-order chi connectivity index (χ0) is 14.3. The first-order chi connectivity index (χ1) is 9.12. The molecule has 0 spiro atoms. The van der Waals surface area contributed by atoms with Crippen molar-refractivity contribution in [2.45, 2.75) is 39.8 Å². The SMILES string of the molecule is CCC(Nc1ccccc1CN(CC)CC)C(=O)O. The summed E-state index contributed by atoms with van der Waals surface area (Å²) in [5, 5.41) is 12.3. The number of nitrogens with one attached hydrogen (secondary N) is 1. The Labute approximate surface area is 115 Å². The summed E-state index contributed by atoms with van der Waals surface area (Å²) >= 11 is 0. The van der Waals surface area contributed by atoms with Crippen molar-refractivity contribution in [3.8, 4) is 0 Å². The number of benzene rings is 1. The fourth-order valence-electron chi connectivity index (χ4n) is 2.01. The molecule has 2 N–H and O–H groups in total. The Morgan fingerprint density at radius 2 is 1.89 bits per heavy atom. The molecule has 0 aromatic heterocycles. The van der Waals surface area contributed by atoms with Crippen LogP contribution in [0.15, 0.2) is 24.3 Å². The zero-order valence-corrected chi connectivity index (χ0v) is 12.0. The number of hydrogen-bond acceptors (Lipinski definition) is 3. The number of nitrogens with zero attached hydrogens (tertiary/aromatic N) is 1. The first-order valence-electron chi connectivity index (χ1n) is 6.91. The molecule has 19 heavy (non-hydrogen) atoms. The van der Waals surface area contributed by atoms with Gasteiger partial charge in [0.1, 0.15) is 6.04 Å². The molecule has 106 valence electrons. The number of hydrogen-bond donors (Lipinski definition) is 2. The third kappa shape index (κ3) is 4.56. The molecular weight excluding hydrogens is 240 g/mol. The van der Waals surface area contributed by atoms with Crippen molar-refractivity contribution in [3.05, 3.63) is 29.8 Å². The van der Waals surface area contributed by atoms with Gasteiger partial charge in [0.15, 0.2) is 0 Å². The van der Waals surface area contributed by atoms with Crippen LogP contribution in [0.25, 0.3) is 0 Å². The summed E-state index contributed by atoms with van der Waals surface area (Å²) in [6.07, 6.45) is 0.564. The number of para-hydroxylation sites is 1. The minimum Gasteiger partial charge on any atom is -0.480 e. The van der Waals surface area contributed by atoms with Gasteiger partial charge in [-0.25, -0.2) is 4.79 Å². The normalized spacial score (nSPS) is 12.4. The average molecular weight is 264 g/mol. The Morgan fingerprint density at radius 1 is 1.26 bits per heavy atom. The molecule has 0 aliphatic heterocycles. The van der Waals surface area contributed by atoms with E-state index in [0.717, 1.165) is 30.9 Å². The van der Waals surface area contributed by atoms with Crippen LogP contribution in [0, 0.1) is 0 Å². The molecule has 1 aromatic carbocycles. The predicted octanol–water partition coefficient (Wildman–Crippen LogP) is 2.80. The highest BCUT2D eigenvalue weighted by molar-refractivity contribution is 5.77. The van der Waals surface area contributed by atoms with Gasteiger partial charge in [0.05, 0.1) is 0 Å². The van der Waals surface area contributed by atoms with Crippen LogP contribution in [0.1, 0.15) is 32.8 Å². The van der Waals surface area contributed by atoms with Gasteiger partial charge in [-0.05, 0) is 31.1 Å². The van der Waals surface area contributed by atoms with Gasteiger partial charge in [-0.2, -0.15) is 0 Å². The Morgan fingerprint density at radius 3 is 2.42 bits per heavy atom. The molecule has 1 rings (SSSR count). The number of anilines is 1. The second kappa shape index (κ2) is 7.79. The summed E-state index contributed by atoms with van der Waals surface area (Å²) in [7, 11) is 0. The van der Waals surface area contributed by atoms with E-state index in [2.05, 4.69) is 30.1 Å². The molecule has 4 heteroatoms. The van der Waals surface area contributed by atoms with E-state index >= 15 is 0 Å². The number of carboxylic acid groups (broad SMARTS) is 1. The van der Waals surface area contributed by atoms with E-state index in [0.29, 0.717) is 6.42 Å². The van der Waals surface area contributed by atoms with Crippen LogP contribution in [-0.2, 0) is 11.3 Å². The van der Waals surface area contributed by atoms with Crippen molar-refractivity contribution in [3.63, 3.8) is 0 Å². The molecule has 0 bridgehead atoms. The van der Waals surface area contributed by atoms with E-state index in [4.69, 9.17) is 5.11 Å². The van der Waals surface area contributed by atoms with Crippen LogP contribution in [0.2, 0.25) is 0 Å². The van der Waals surface area contributed by atoms with E-state index in [1.807, 2.05) is 25.1 Å². The predicted molar refractivity (Wildman–Crippen MR) is 78.4 cm³/mol. The van der Waals surface area contributed by atoms with Crippen LogP contribution in [0.4, 0.5) is 5.69 Å². The van der Waals surface area contributed by atoms with Gasteiger partial charge < -0.3 is 10.4 Å². The van der Waals surface area contributed by atoms with Gasteiger partial charge in [-0.15, -0.1) is 0 Å². The first kappa shape index (κ1) is 15.5. The molecular formula is C15H24N2O2. The molecule has 0 aliphatic carbocycles. The maximum atomic E-state index is 11.1. The van der Waals surface area contributed by atoms with Crippen molar-refractivity contribution in [2.24, 2.45) is 0 Å². The minimum absolute atomic E-state index is 0.530. The molecule has 0 saturated carbocycles. The van der Waals surface area contributed by atoms with Crippen LogP contribution >= 0.6 is 0 Å². The summed E-state index contributed by atoms with van der Waals surface area (Å²) in [6.45, 7) is 8.95. The van der Waals surface area contributed by atoms with Crippen molar-refractivity contribution >= 4 is 11.7 Å². The van der Waals surface area contributed by atoms with Gasteiger partial charge in [-0.1, -0.05) is 39.0 Å². The van der Waals surface area contributed by atoms with E-state index in [-0.39, 0.29) is 0 Å². The third-order valence-corrected chi connectivity index (χ3v) is 3.34. The van der Waals surface area contributed by atoms with E-state index < -0.39 is 12.0 Å².